The van der Waals surface area contributed by atoms with Crippen molar-refractivity contribution in [2.75, 3.05) is 7.05 Å². The Morgan fingerprint density at radius 3 is 1.50 bits per heavy atom. The Kier molecular flexibility index (Phi) is 26.9. The Morgan fingerprint density at radius 2 is 1.44 bits per heavy atom. The van der Waals surface area contributed by atoms with E-state index >= 15 is 0 Å². The van der Waals surface area contributed by atoms with Gasteiger partial charge in [0.25, 0.3) is 5.24 Å². The summed E-state index contributed by atoms with van der Waals surface area (Å²) in [6.07, 6.45) is 1.75. The van der Waals surface area contributed by atoms with Crippen LogP contribution in [0.5, 0.6) is 0 Å². The summed E-state index contributed by atoms with van der Waals surface area (Å²) in [4.78, 5) is 10.7. The Balaban J connectivity index is -0.0000000909. The van der Waals surface area contributed by atoms with Gasteiger partial charge in [0.2, 0.25) is 0 Å². The van der Waals surface area contributed by atoms with Gasteiger partial charge in [0.15, 0.2) is 0 Å². The molecule has 0 aliphatic heterocycles. The van der Waals surface area contributed by atoms with Crippen molar-refractivity contribution in [1.82, 2.24) is 5.32 Å². The zero-order valence-electron chi connectivity index (χ0n) is 13.8. The minimum absolute atomic E-state index is 0.0279. The molecule has 0 radical (unpaired) electrons. The molecule has 0 spiro atoms. The fraction of sp³-hybridized carbons (Fsp3) is 0.667. The van der Waals surface area contributed by atoms with Crippen LogP contribution >= 0.6 is 11.8 Å². The third-order valence-corrected chi connectivity index (χ3v) is 1.60. The molecule has 0 aliphatic rings. The first-order valence-electron chi connectivity index (χ1n) is 6.20. The molecule has 2 nitrogen and oxygen atoms in total. The molecule has 3 heteroatoms. The van der Waals surface area contributed by atoms with Crippen LogP contribution in [0.3, 0.4) is 0 Å². The van der Waals surface area contributed by atoms with E-state index in [1.54, 1.807) is 13.1 Å². The molecule has 0 unspecified atom stereocenters. The number of rotatable bonds is 0. The third-order valence-electron chi connectivity index (χ3n) is 0.603. The van der Waals surface area contributed by atoms with Gasteiger partial charge in [0.1, 0.15) is 0 Å². The first-order valence-corrected chi connectivity index (χ1v) is 7.02. The molecule has 0 aromatic carbocycles. The molecule has 0 aromatic heterocycles. The smallest absolute Gasteiger partial charge is 0.279 e. The zero-order chi connectivity index (χ0) is 15.8. The van der Waals surface area contributed by atoms with Crippen LogP contribution in [0, 0.1) is 0 Å². The number of thioether (sulfide) groups is 1. The van der Waals surface area contributed by atoms with E-state index in [1.807, 2.05) is 55.4 Å². The lowest BCUT2D eigenvalue weighted by molar-refractivity contribution is 0.262. The summed E-state index contributed by atoms with van der Waals surface area (Å²) >= 11 is 1.31. The first-order chi connectivity index (χ1) is 8.10. The molecule has 0 aliphatic carbocycles. The summed E-state index contributed by atoms with van der Waals surface area (Å²) in [5.41, 5.74) is 1.17. The molecule has 18 heavy (non-hydrogen) atoms. The normalized spacial score (nSPS) is 8.06. The van der Waals surface area contributed by atoms with Gasteiger partial charge in [-0.25, -0.2) is 0 Å². The topological polar surface area (TPSA) is 29.1 Å². The van der Waals surface area contributed by atoms with Gasteiger partial charge < -0.3 is 5.32 Å². The standard InChI is InChI=1S/C6H13NOS.C4H8.C3H6.C2H6/c1-6(2,3)9-5(8)7-4;1-4(2)3;1-3-2;1-2/h1-4H3,(H,7,8);1H2,2-3H3;3H,1H2,2H3;1-2H3. The molecule has 0 atom stereocenters. The SMILES string of the molecule is C=C(C)C.C=CC.CC.CNC(=O)SC(C)(C)C. The molecule has 0 saturated heterocycles. The van der Waals surface area contributed by atoms with Gasteiger partial charge in [-0.15, -0.1) is 13.2 Å². The average Bonchev–Trinajstić information content (AvgIpc) is 2.18. The molecule has 0 bridgehead atoms. The van der Waals surface area contributed by atoms with Gasteiger partial charge in [-0.05, 0) is 20.8 Å². The molecule has 1 amide bonds. The molecule has 0 heterocycles. The fourth-order valence-corrected chi connectivity index (χ4v) is 0.987. The largest absolute Gasteiger partial charge is 0.350 e. The van der Waals surface area contributed by atoms with E-state index in [1.165, 1.54) is 17.3 Å². The zero-order valence-corrected chi connectivity index (χ0v) is 14.6. The lowest BCUT2D eigenvalue weighted by Crippen LogP contribution is -2.19. The van der Waals surface area contributed by atoms with Crippen LogP contribution in [0.4, 0.5) is 4.79 Å². The van der Waals surface area contributed by atoms with Gasteiger partial charge in [-0.2, -0.15) is 0 Å². The van der Waals surface area contributed by atoms with E-state index in [-0.39, 0.29) is 9.99 Å². The second-order valence-corrected chi connectivity index (χ2v) is 6.17. The summed E-state index contributed by atoms with van der Waals surface area (Å²) in [5.74, 6) is 0. The molecule has 0 fully saturated rings. The van der Waals surface area contributed by atoms with Crippen LogP contribution in [0.15, 0.2) is 24.8 Å². The van der Waals surface area contributed by atoms with Crippen molar-refractivity contribution in [1.29, 1.82) is 0 Å². The monoisotopic (exact) mass is 275 g/mol. The third kappa shape index (κ3) is 78.8. The van der Waals surface area contributed by atoms with Crippen molar-refractivity contribution in [2.24, 2.45) is 0 Å². The summed E-state index contributed by atoms with van der Waals surface area (Å²) < 4.78 is 0.0279. The number of nitrogens with one attached hydrogen (secondary N) is 1. The first kappa shape index (κ1) is 26.0. The highest BCUT2D eigenvalue weighted by molar-refractivity contribution is 8.14. The number of hydrogen-bond donors (Lipinski definition) is 1. The van der Waals surface area contributed by atoms with Crippen LogP contribution in [-0.2, 0) is 0 Å². The van der Waals surface area contributed by atoms with Crippen molar-refractivity contribution in [2.45, 2.75) is 60.1 Å². The van der Waals surface area contributed by atoms with Crippen LogP contribution < -0.4 is 5.32 Å². The number of amides is 1. The van der Waals surface area contributed by atoms with E-state index in [0.717, 1.165) is 0 Å². The van der Waals surface area contributed by atoms with Gasteiger partial charge in [-0.3, -0.25) is 4.79 Å². The lowest BCUT2D eigenvalue weighted by atomic mass is 10.3. The van der Waals surface area contributed by atoms with Gasteiger partial charge in [0.05, 0.1) is 0 Å². The van der Waals surface area contributed by atoms with E-state index in [9.17, 15) is 4.79 Å². The second kappa shape index (κ2) is 18.7. The average molecular weight is 276 g/mol. The summed E-state index contributed by atoms with van der Waals surface area (Å²) in [6, 6.07) is 0. The van der Waals surface area contributed by atoms with Crippen molar-refractivity contribution in [3.05, 3.63) is 24.8 Å². The van der Waals surface area contributed by atoms with Crippen LogP contribution in [0.1, 0.15) is 55.4 Å². The Morgan fingerprint density at radius 1 is 1.22 bits per heavy atom. The Bertz CT molecular complexity index is 201. The predicted octanol–water partition coefficient (Wildman–Crippen LogP) is 5.66. The van der Waals surface area contributed by atoms with E-state index in [4.69, 9.17) is 0 Å². The summed E-state index contributed by atoms with van der Waals surface area (Å²) in [7, 11) is 1.64. The lowest BCUT2D eigenvalue weighted by Gasteiger charge is -2.14. The number of carbonyl (C=O) groups excluding carboxylic acids is 1. The van der Waals surface area contributed by atoms with Crippen molar-refractivity contribution in [3.63, 3.8) is 0 Å². The number of carbonyl (C=O) groups is 1. The Labute approximate surface area is 119 Å². The van der Waals surface area contributed by atoms with Crippen LogP contribution in [-0.4, -0.2) is 17.0 Å². The highest BCUT2D eigenvalue weighted by Crippen LogP contribution is 2.22. The molecule has 110 valence electrons. The minimum Gasteiger partial charge on any atom is -0.350 e. The van der Waals surface area contributed by atoms with Crippen LogP contribution in [0.25, 0.3) is 0 Å². The highest BCUT2D eigenvalue weighted by Gasteiger charge is 2.14. The number of allylic oxidation sites excluding steroid dienone is 2. The number of hydrogen-bond acceptors (Lipinski definition) is 2. The Hall–Kier alpha value is -0.700. The maximum atomic E-state index is 10.7. The molecule has 0 aromatic rings. The second-order valence-electron chi connectivity index (χ2n) is 4.37. The highest BCUT2D eigenvalue weighted by atomic mass is 32.2. The van der Waals surface area contributed by atoms with E-state index in [2.05, 4.69) is 18.5 Å². The van der Waals surface area contributed by atoms with Crippen molar-refractivity contribution < 1.29 is 4.79 Å². The van der Waals surface area contributed by atoms with Crippen LogP contribution in [0.2, 0.25) is 0 Å². The minimum atomic E-state index is 0.0279. The summed E-state index contributed by atoms with van der Waals surface area (Å²) in [6.45, 7) is 22.8. The quantitative estimate of drug-likeness (QED) is 0.578. The van der Waals surface area contributed by atoms with Gasteiger partial charge in [-0.1, -0.05) is 58.0 Å². The predicted molar refractivity (Wildman–Crippen MR) is 89.5 cm³/mol. The maximum absolute atomic E-state index is 10.7. The molecular weight excluding hydrogens is 242 g/mol. The maximum Gasteiger partial charge on any atom is 0.279 e. The van der Waals surface area contributed by atoms with E-state index < -0.39 is 0 Å². The van der Waals surface area contributed by atoms with Gasteiger partial charge in [0, 0.05) is 11.8 Å². The molecular formula is C15H33NOS. The van der Waals surface area contributed by atoms with E-state index in [0.29, 0.717) is 0 Å². The fourth-order valence-electron chi connectivity index (χ4n) is 0.329. The molecule has 0 rings (SSSR count). The molecule has 0 saturated carbocycles. The summed E-state index contributed by atoms with van der Waals surface area (Å²) in [5, 5.41) is 2.58. The van der Waals surface area contributed by atoms with Crippen molar-refractivity contribution >= 4 is 17.0 Å². The molecule has 1 N–H and O–H groups in total. The van der Waals surface area contributed by atoms with Gasteiger partial charge >= 0.3 is 0 Å². The van der Waals surface area contributed by atoms with Crippen molar-refractivity contribution in [3.8, 4) is 0 Å².